The lowest BCUT2D eigenvalue weighted by molar-refractivity contribution is 0.0550. The van der Waals surface area contributed by atoms with Crippen LogP contribution >= 0.6 is 0 Å². The van der Waals surface area contributed by atoms with E-state index in [0.717, 1.165) is 19.4 Å². The molecule has 1 amide bonds. The van der Waals surface area contributed by atoms with Gasteiger partial charge in [-0.1, -0.05) is 6.07 Å². The summed E-state index contributed by atoms with van der Waals surface area (Å²) < 4.78 is 5.65. The summed E-state index contributed by atoms with van der Waals surface area (Å²) in [5.41, 5.74) is 0.544. The van der Waals surface area contributed by atoms with Crippen molar-refractivity contribution in [3.05, 3.63) is 48.4 Å². The average molecular weight is 349 g/mol. The maximum absolute atomic E-state index is 12.9. The van der Waals surface area contributed by atoms with Crippen LogP contribution < -0.4 is 4.74 Å². The van der Waals surface area contributed by atoms with Crippen LogP contribution in [0.3, 0.4) is 0 Å². The van der Waals surface area contributed by atoms with E-state index in [2.05, 4.69) is 20.9 Å². The Morgan fingerprint density at radius 2 is 2.15 bits per heavy atom. The lowest BCUT2D eigenvalue weighted by Crippen LogP contribution is -2.54. The predicted molar refractivity (Wildman–Crippen MR) is 93.6 cm³/mol. The number of carbonyl (C=O) groups excluding carboxylic acids is 1. The van der Waals surface area contributed by atoms with Crippen molar-refractivity contribution in [2.75, 3.05) is 19.6 Å². The monoisotopic (exact) mass is 349 g/mol. The standard InChI is InChI=1S/C19H19N5O2/c20-11-16-13-23(8-9-24(16)15-4-5-15)19(25)14-2-1-3-17(10-14)26-18-12-21-6-7-22-18/h1-3,6-7,10,12,15-16H,4-5,8-9,13H2. The fraction of sp³-hybridized carbons (Fsp3) is 0.368. The molecular formula is C19H19N5O2. The summed E-state index contributed by atoms with van der Waals surface area (Å²) in [6.45, 7) is 1.84. The number of piperazine rings is 1. The minimum atomic E-state index is -0.223. The highest BCUT2D eigenvalue weighted by Crippen LogP contribution is 2.30. The van der Waals surface area contributed by atoms with Gasteiger partial charge in [-0.3, -0.25) is 14.7 Å². The maximum atomic E-state index is 12.9. The number of amides is 1. The van der Waals surface area contributed by atoms with E-state index in [0.29, 0.717) is 36.3 Å². The van der Waals surface area contributed by atoms with Crippen LogP contribution in [0, 0.1) is 11.3 Å². The van der Waals surface area contributed by atoms with Gasteiger partial charge in [0.15, 0.2) is 0 Å². The second-order valence-corrected chi connectivity index (χ2v) is 6.54. The molecule has 0 N–H and O–H groups in total. The number of nitriles is 1. The van der Waals surface area contributed by atoms with Crippen molar-refractivity contribution >= 4 is 5.91 Å². The number of rotatable bonds is 4. The summed E-state index contributed by atoms with van der Waals surface area (Å²) in [7, 11) is 0. The van der Waals surface area contributed by atoms with Crippen LogP contribution in [0.4, 0.5) is 0 Å². The van der Waals surface area contributed by atoms with Gasteiger partial charge in [-0.15, -0.1) is 0 Å². The van der Waals surface area contributed by atoms with Gasteiger partial charge in [-0.05, 0) is 31.0 Å². The van der Waals surface area contributed by atoms with Gasteiger partial charge in [-0.2, -0.15) is 5.26 Å². The Hall–Kier alpha value is -2.98. The molecule has 7 nitrogen and oxygen atoms in total. The molecule has 2 aromatic rings. The molecule has 0 spiro atoms. The minimum absolute atomic E-state index is 0.0784. The molecule has 26 heavy (non-hydrogen) atoms. The number of hydrogen-bond donors (Lipinski definition) is 0. The Kier molecular flexibility index (Phi) is 4.50. The lowest BCUT2D eigenvalue weighted by atomic mass is 10.1. The molecule has 2 fully saturated rings. The molecule has 0 bridgehead atoms. The van der Waals surface area contributed by atoms with Crippen LogP contribution in [0.25, 0.3) is 0 Å². The second-order valence-electron chi connectivity index (χ2n) is 6.54. The first-order chi connectivity index (χ1) is 12.7. The SMILES string of the molecule is N#CC1CN(C(=O)c2cccc(Oc3cnccn3)c2)CCN1C1CC1. The van der Waals surface area contributed by atoms with E-state index in [1.54, 1.807) is 41.6 Å². The van der Waals surface area contributed by atoms with Gasteiger partial charge in [0.2, 0.25) is 5.88 Å². The lowest BCUT2D eigenvalue weighted by Gasteiger charge is -2.38. The van der Waals surface area contributed by atoms with Crippen molar-refractivity contribution in [2.24, 2.45) is 0 Å². The maximum Gasteiger partial charge on any atom is 0.254 e. The number of ether oxygens (including phenoxy) is 1. The van der Waals surface area contributed by atoms with Gasteiger partial charge < -0.3 is 9.64 Å². The molecule has 1 saturated carbocycles. The fourth-order valence-electron chi connectivity index (χ4n) is 3.27. The second kappa shape index (κ2) is 7.10. The number of nitrogens with zero attached hydrogens (tertiary/aromatic N) is 5. The Balaban J connectivity index is 1.46. The molecular weight excluding hydrogens is 330 g/mol. The first kappa shape index (κ1) is 16.5. The molecule has 7 heteroatoms. The van der Waals surface area contributed by atoms with E-state index < -0.39 is 0 Å². The van der Waals surface area contributed by atoms with Crippen molar-refractivity contribution in [3.63, 3.8) is 0 Å². The molecule has 1 aromatic carbocycles. The third-order valence-corrected chi connectivity index (χ3v) is 4.72. The van der Waals surface area contributed by atoms with Crippen LogP contribution in [-0.2, 0) is 0 Å². The van der Waals surface area contributed by atoms with Crippen LogP contribution in [0.2, 0.25) is 0 Å². The van der Waals surface area contributed by atoms with Gasteiger partial charge in [0.25, 0.3) is 5.91 Å². The topological polar surface area (TPSA) is 82.3 Å². The van der Waals surface area contributed by atoms with E-state index >= 15 is 0 Å². The summed E-state index contributed by atoms with van der Waals surface area (Å²) in [4.78, 5) is 24.9. The van der Waals surface area contributed by atoms with Gasteiger partial charge in [0.1, 0.15) is 11.8 Å². The van der Waals surface area contributed by atoms with E-state index in [1.807, 2.05) is 0 Å². The summed E-state index contributed by atoms with van der Waals surface area (Å²) in [6.07, 6.45) is 6.95. The van der Waals surface area contributed by atoms with Gasteiger partial charge >= 0.3 is 0 Å². The van der Waals surface area contributed by atoms with Gasteiger partial charge in [0, 0.05) is 43.6 Å². The third-order valence-electron chi connectivity index (χ3n) is 4.72. The van der Waals surface area contributed by atoms with E-state index in [1.165, 1.54) is 6.20 Å². The Bertz CT molecular complexity index is 831. The van der Waals surface area contributed by atoms with Crippen molar-refractivity contribution in [3.8, 4) is 17.7 Å². The van der Waals surface area contributed by atoms with E-state index in [9.17, 15) is 10.1 Å². The fourth-order valence-corrected chi connectivity index (χ4v) is 3.27. The van der Waals surface area contributed by atoms with E-state index in [-0.39, 0.29) is 11.9 Å². The number of benzene rings is 1. The summed E-state index contributed by atoms with van der Waals surface area (Å²) >= 11 is 0. The number of hydrogen-bond acceptors (Lipinski definition) is 6. The minimum Gasteiger partial charge on any atom is -0.437 e. The zero-order valence-electron chi connectivity index (χ0n) is 14.3. The van der Waals surface area contributed by atoms with Gasteiger partial charge in [-0.25, -0.2) is 4.98 Å². The summed E-state index contributed by atoms with van der Waals surface area (Å²) in [5.74, 6) is 0.829. The van der Waals surface area contributed by atoms with Crippen molar-refractivity contribution in [1.82, 2.24) is 19.8 Å². The smallest absolute Gasteiger partial charge is 0.254 e. The third kappa shape index (κ3) is 3.51. The first-order valence-electron chi connectivity index (χ1n) is 8.73. The molecule has 1 aromatic heterocycles. The highest BCUT2D eigenvalue weighted by molar-refractivity contribution is 5.94. The molecule has 2 aliphatic rings. The van der Waals surface area contributed by atoms with Crippen molar-refractivity contribution < 1.29 is 9.53 Å². The highest BCUT2D eigenvalue weighted by Gasteiger charge is 2.38. The first-order valence-corrected chi connectivity index (χ1v) is 8.73. The van der Waals surface area contributed by atoms with Crippen LogP contribution in [0.5, 0.6) is 11.6 Å². The van der Waals surface area contributed by atoms with Gasteiger partial charge in [0.05, 0.1) is 12.3 Å². The molecule has 1 aliphatic carbocycles. The quantitative estimate of drug-likeness (QED) is 0.840. The Labute approximate surface area is 151 Å². The van der Waals surface area contributed by atoms with Crippen LogP contribution in [0.1, 0.15) is 23.2 Å². The summed E-state index contributed by atoms with van der Waals surface area (Å²) in [6, 6.07) is 9.67. The molecule has 2 heterocycles. The van der Waals surface area contributed by atoms with Crippen LogP contribution in [0.15, 0.2) is 42.9 Å². The molecule has 132 valence electrons. The Morgan fingerprint density at radius 1 is 1.27 bits per heavy atom. The zero-order chi connectivity index (χ0) is 17.9. The molecule has 1 aliphatic heterocycles. The van der Waals surface area contributed by atoms with Crippen molar-refractivity contribution in [1.29, 1.82) is 5.26 Å². The van der Waals surface area contributed by atoms with Crippen molar-refractivity contribution in [2.45, 2.75) is 24.9 Å². The highest BCUT2D eigenvalue weighted by atomic mass is 16.5. The van der Waals surface area contributed by atoms with E-state index in [4.69, 9.17) is 4.74 Å². The average Bonchev–Trinajstić information content (AvgIpc) is 3.53. The molecule has 1 unspecified atom stereocenters. The molecule has 1 atom stereocenters. The number of carbonyl (C=O) groups is 1. The predicted octanol–water partition coefficient (Wildman–Crippen LogP) is 2.08. The molecule has 1 saturated heterocycles. The molecule has 4 rings (SSSR count). The largest absolute Gasteiger partial charge is 0.437 e. The normalized spacial score (nSPS) is 20.4. The number of aromatic nitrogens is 2. The van der Waals surface area contributed by atoms with Crippen LogP contribution in [-0.4, -0.2) is 57.4 Å². The Morgan fingerprint density at radius 3 is 2.88 bits per heavy atom. The molecule has 0 radical (unpaired) electrons. The summed E-state index contributed by atoms with van der Waals surface area (Å²) in [5, 5.41) is 9.45. The zero-order valence-corrected chi connectivity index (χ0v) is 14.3.